The summed E-state index contributed by atoms with van der Waals surface area (Å²) in [6, 6.07) is 15.9. The smallest absolute Gasteiger partial charge is 0.238 e. The number of halogens is 1. The van der Waals surface area contributed by atoms with Crippen LogP contribution in [0, 0.1) is 5.82 Å². The number of aryl methyl sites for hydroxylation is 1. The van der Waals surface area contributed by atoms with Gasteiger partial charge in [0.15, 0.2) is 0 Å². The molecule has 0 atom stereocenters. The van der Waals surface area contributed by atoms with Crippen molar-refractivity contribution in [3.05, 3.63) is 66.0 Å². The molecule has 4 heteroatoms. The molecule has 1 amide bonds. The summed E-state index contributed by atoms with van der Waals surface area (Å²) in [5, 5.41) is 0. The average molecular weight is 258 g/mol. The summed E-state index contributed by atoms with van der Waals surface area (Å²) in [4.78, 5) is 11.6. The van der Waals surface area contributed by atoms with Crippen LogP contribution in [0.1, 0.15) is 12.0 Å². The van der Waals surface area contributed by atoms with Crippen molar-refractivity contribution in [1.82, 2.24) is 5.43 Å². The van der Waals surface area contributed by atoms with Gasteiger partial charge in [0, 0.05) is 6.42 Å². The number of hydrazine groups is 1. The van der Waals surface area contributed by atoms with Gasteiger partial charge in [-0.3, -0.25) is 15.6 Å². The standard InChI is InChI=1S/C15H15FN2O/c16-13-8-4-5-9-14(13)17-18-15(19)11-10-12-6-2-1-3-7-12/h1-9,17H,10-11H2,(H,18,19). The van der Waals surface area contributed by atoms with Crippen LogP contribution in [-0.2, 0) is 11.2 Å². The number of rotatable bonds is 5. The van der Waals surface area contributed by atoms with Crippen LogP contribution in [0.5, 0.6) is 0 Å². The van der Waals surface area contributed by atoms with Crippen molar-refractivity contribution < 1.29 is 9.18 Å². The highest BCUT2D eigenvalue weighted by Crippen LogP contribution is 2.10. The summed E-state index contributed by atoms with van der Waals surface area (Å²) in [6.07, 6.45) is 1.01. The van der Waals surface area contributed by atoms with E-state index in [1.54, 1.807) is 18.2 Å². The summed E-state index contributed by atoms with van der Waals surface area (Å²) in [6.45, 7) is 0. The van der Waals surface area contributed by atoms with E-state index in [0.717, 1.165) is 5.56 Å². The first-order valence-corrected chi connectivity index (χ1v) is 6.09. The van der Waals surface area contributed by atoms with Crippen LogP contribution in [0.2, 0.25) is 0 Å². The Labute approximate surface area is 111 Å². The van der Waals surface area contributed by atoms with Gasteiger partial charge in [-0.2, -0.15) is 0 Å². The second-order valence-corrected chi connectivity index (χ2v) is 4.14. The van der Waals surface area contributed by atoms with E-state index in [1.807, 2.05) is 30.3 Å². The number of benzene rings is 2. The monoisotopic (exact) mass is 258 g/mol. The third kappa shape index (κ3) is 4.10. The molecule has 2 aromatic rings. The molecule has 0 aromatic heterocycles. The second kappa shape index (κ2) is 6.54. The fourth-order valence-corrected chi connectivity index (χ4v) is 1.66. The van der Waals surface area contributed by atoms with Gasteiger partial charge in [-0.15, -0.1) is 0 Å². The molecule has 0 saturated carbocycles. The summed E-state index contributed by atoms with van der Waals surface area (Å²) >= 11 is 0. The lowest BCUT2D eigenvalue weighted by atomic mass is 10.1. The van der Waals surface area contributed by atoms with Gasteiger partial charge >= 0.3 is 0 Å². The minimum Gasteiger partial charge on any atom is -0.296 e. The number of amides is 1. The molecule has 19 heavy (non-hydrogen) atoms. The predicted octanol–water partition coefficient (Wildman–Crippen LogP) is 2.90. The van der Waals surface area contributed by atoms with Crippen molar-refractivity contribution in [2.45, 2.75) is 12.8 Å². The molecule has 0 saturated heterocycles. The Balaban J connectivity index is 1.78. The quantitative estimate of drug-likeness (QED) is 0.810. The number of hydrogen-bond donors (Lipinski definition) is 2. The van der Waals surface area contributed by atoms with E-state index in [-0.39, 0.29) is 11.6 Å². The molecule has 0 spiro atoms. The Morgan fingerprint density at radius 1 is 1.00 bits per heavy atom. The maximum absolute atomic E-state index is 13.3. The van der Waals surface area contributed by atoms with Crippen LogP contribution in [0.4, 0.5) is 10.1 Å². The van der Waals surface area contributed by atoms with Crippen LogP contribution in [0.15, 0.2) is 54.6 Å². The van der Waals surface area contributed by atoms with E-state index in [0.29, 0.717) is 12.8 Å². The highest BCUT2D eigenvalue weighted by molar-refractivity contribution is 5.77. The Morgan fingerprint density at radius 3 is 2.42 bits per heavy atom. The van der Waals surface area contributed by atoms with Gasteiger partial charge in [0.1, 0.15) is 5.82 Å². The number of carbonyl (C=O) groups excluding carboxylic acids is 1. The lowest BCUT2D eigenvalue weighted by molar-refractivity contribution is -0.120. The minimum absolute atomic E-state index is 0.174. The molecule has 0 heterocycles. The first kappa shape index (κ1) is 13.1. The maximum Gasteiger partial charge on any atom is 0.238 e. The molecule has 2 rings (SSSR count). The lowest BCUT2D eigenvalue weighted by Crippen LogP contribution is -2.29. The first-order valence-electron chi connectivity index (χ1n) is 6.09. The molecule has 2 aromatic carbocycles. The molecule has 0 aliphatic rings. The van der Waals surface area contributed by atoms with Crippen molar-refractivity contribution in [2.75, 3.05) is 5.43 Å². The summed E-state index contributed by atoms with van der Waals surface area (Å²) in [5.74, 6) is -0.571. The van der Waals surface area contributed by atoms with Crippen LogP contribution in [-0.4, -0.2) is 5.91 Å². The molecule has 0 aliphatic carbocycles. The highest BCUT2D eigenvalue weighted by Gasteiger charge is 2.03. The molecule has 98 valence electrons. The van der Waals surface area contributed by atoms with Crippen LogP contribution in [0.25, 0.3) is 0 Å². The lowest BCUT2D eigenvalue weighted by Gasteiger charge is -2.09. The van der Waals surface area contributed by atoms with Gasteiger partial charge in [-0.05, 0) is 24.1 Å². The fraction of sp³-hybridized carbons (Fsp3) is 0.133. The highest BCUT2D eigenvalue weighted by atomic mass is 19.1. The molecule has 0 fully saturated rings. The Bertz CT molecular complexity index is 543. The van der Waals surface area contributed by atoms with E-state index in [2.05, 4.69) is 10.9 Å². The SMILES string of the molecule is O=C(CCc1ccccc1)NNc1ccccc1F. The Kier molecular flexibility index (Phi) is 4.50. The summed E-state index contributed by atoms with van der Waals surface area (Å²) in [7, 11) is 0. The zero-order chi connectivity index (χ0) is 13.5. The van der Waals surface area contributed by atoms with Gasteiger partial charge in [-0.25, -0.2) is 4.39 Å². The van der Waals surface area contributed by atoms with Crippen molar-refractivity contribution in [1.29, 1.82) is 0 Å². The van der Waals surface area contributed by atoms with Crippen LogP contribution >= 0.6 is 0 Å². The average Bonchev–Trinajstić information content (AvgIpc) is 2.45. The van der Waals surface area contributed by atoms with E-state index in [1.165, 1.54) is 6.07 Å². The molecule has 0 bridgehead atoms. The minimum atomic E-state index is -0.397. The second-order valence-electron chi connectivity index (χ2n) is 4.14. The van der Waals surface area contributed by atoms with Crippen molar-refractivity contribution >= 4 is 11.6 Å². The van der Waals surface area contributed by atoms with Crippen LogP contribution < -0.4 is 10.9 Å². The van der Waals surface area contributed by atoms with Crippen LogP contribution in [0.3, 0.4) is 0 Å². The zero-order valence-electron chi connectivity index (χ0n) is 10.4. The van der Waals surface area contributed by atoms with Crippen molar-refractivity contribution in [3.63, 3.8) is 0 Å². The van der Waals surface area contributed by atoms with Gasteiger partial charge < -0.3 is 0 Å². The molecule has 0 unspecified atom stereocenters. The van der Waals surface area contributed by atoms with E-state index in [4.69, 9.17) is 0 Å². The van der Waals surface area contributed by atoms with E-state index < -0.39 is 5.82 Å². The third-order valence-corrected chi connectivity index (χ3v) is 2.69. The van der Waals surface area contributed by atoms with Crippen molar-refractivity contribution in [3.8, 4) is 0 Å². The van der Waals surface area contributed by atoms with Gasteiger partial charge in [0.2, 0.25) is 5.91 Å². The molecule has 0 aliphatic heterocycles. The number of anilines is 1. The Hall–Kier alpha value is -2.36. The van der Waals surface area contributed by atoms with Gasteiger partial charge in [0.25, 0.3) is 0 Å². The van der Waals surface area contributed by atoms with E-state index >= 15 is 0 Å². The van der Waals surface area contributed by atoms with Crippen molar-refractivity contribution in [2.24, 2.45) is 0 Å². The Morgan fingerprint density at radius 2 is 1.68 bits per heavy atom. The number of para-hydroxylation sites is 1. The molecule has 0 radical (unpaired) electrons. The normalized spacial score (nSPS) is 9.95. The summed E-state index contributed by atoms with van der Waals surface area (Å²) < 4.78 is 13.3. The van der Waals surface area contributed by atoms with Gasteiger partial charge in [-0.1, -0.05) is 42.5 Å². The number of carbonyl (C=O) groups is 1. The fourth-order valence-electron chi connectivity index (χ4n) is 1.66. The zero-order valence-corrected chi connectivity index (χ0v) is 10.4. The molecular weight excluding hydrogens is 243 g/mol. The summed E-state index contributed by atoms with van der Waals surface area (Å²) in [5.41, 5.74) is 6.42. The third-order valence-electron chi connectivity index (χ3n) is 2.69. The largest absolute Gasteiger partial charge is 0.296 e. The number of nitrogens with one attached hydrogen (secondary N) is 2. The van der Waals surface area contributed by atoms with Gasteiger partial charge in [0.05, 0.1) is 5.69 Å². The van der Waals surface area contributed by atoms with E-state index in [9.17, 15) is 9.18 Å². The first-order chi connectivity index (χ1) is 9.25. The topological polar surface area (TPSA) is 41.1 Å². The molecule has 3 nitrogen and oxygen atoms in total. The molecular formula is C15H15FN2O. The number of hydrogen-bond acceptors (Lipinski definition) is 2. The predicted molar refractivity (Wildman–Crippen MR) is 72.9 cm³/mol. The molecule has 2 N–H and O–H groups in total. The maximum atomic E-state index is 13.3.